The van der Waals surface area contributed by atoms with Gasteiger partial charge >= 0.3 is 5.97 Å². The fraction of sp³-hybridized carbons (Fsp3) is 0.500. The molecule has 6 heteroatoms. The summed E-state index contributed by atoms with van der Waals surface area (Å²) >= 11 is 0. The Labute approximate surface area is 130 Å². The van der Waals surface area contributed by atoms with Crippen LogP contribution < -0.4 is 21.5 Å². The highest BCUT2D eigenvalue weighted by Crippen LogP contribution is 2.18. The van der Waals surface area contributed by atoms with Crippen molar-refractivity contribution in [3.05, 3.63) is 29.8 Å². The predicted molar refractivity (Wildman–Crippen MR) is 83.4 cm³/mol. The Balaban J connectivity index is 1.85. The summed E-state index contributed by atoms with van der Waals surface area (Å²) in [7, 11) is 0. The fourth-order valence-corrected chi connectivity index (χ4v) is 2.59. The number of hydrogen-bond donors (Lipinski definition) is 3. The third kappa shape index (κ3) is 4.62. The van der Waals surface area contributed by atoms with Crippen LogP contribution in [0, 0.1) is 0 Å². The van der Waals surface area contributed by atoms with Crippen molar-refractivity contribution in [3.8, 4) is 5.75 Å². The van der Waals surface area contributed by atoms with E-state index in [1.807, 2.05) is 0 Å². The highest BCUT2D eigenvalue weighted by atomic mass is 16.5. The van der Waals surface area contributed by atoms with Gasteiger partial charge in [-0.05, 0) is 37.1 Å². The number of carbonyl (C=O) groups is 2. The highest BCUT2D eigenvalue weighted by molar-refractivity contribution is 5.79. The molecule has 0 aliphatic heterocycles. The first-order valence-electron chi connectivity index (χ1n) is 7.64. The third-order valence-electron chi connectivity index (χ3n) is 3.93. The summed E-state index contributed by atoms with van der Waals surface area (Å²) in [4.78, 5) is 22.6. The Bertz CT molecular complexity index is 498. The average Bonchev–Trinajstić information content (AvgIpc) is 2.55. The molecule has 1 saturated carbocycles. The summed E-state index contributed by atoms with van der Waals surface area (Å²) < 4.78 is 5.19. The van der Waals surface area contributed by atoms with E-state index in [-0.39, 0.29) is 0 Å². The van der Waals surface area contributed by atoms with Crippen molar-refractivity contribution in [1.29, 1.82) is 0 Å². The van der Waals surface area contributed by atoms with Gasteiger partial charge in [0.1, 0.15) is 18.1 Å². The average molecular weight is 305 g/mol. The van der Waals surface area contributed by atoms with E-state index in [0.717, 1.165) is 19.1 Å². The van der Waals surface area contributed by atoms with Crippen molar-refractivity contribution < 1.29 is 14.3 Å². The first-order chi connectivity index (χ1) is 10.6. The van der Waals surface area contributed by atoms with Crippen molar-refractivity contribution in [2.24, 2.45) is 11.5 Å². The third-order valence-corrected chi connectivity index (χ3v) is 3.93. The minimum absolute atomic E-state index is 0.314. The molecule has 1 aliphatic carbocycles. The molecule has 2 rings (SSSR count). The van der Waals surface area contributed by atoms with Crippen LogP contribution in [-0.2, 0) is 4.79 Å². The molecule has 22 heavy (non-hydrogen) atoms. The Kier molecular flexibility index (Phi) is 6.06. The normalized spacial score (nSPS) is 18.5. The van der Waals surface area contributed by atoms with E-state index >= 15 is 0 Å². The molecule has 5 N–H and O–H groups in total. The van der Waals surface area contributed by atoms with E-state index in [9.17, 15) is 9.59 Å². The number of benzene rings is 1. The molecule has 0 heterocycles. The summed E-state index contributed by atoms with van der Waals surface area (Å²) in [6.07, 6.45) is 5.80. The molecule has 0 amide bonds. The van der Waals surface area contributed by atoms with Gasteiger partial charge in [0.05, 0.1) is 6.17 Å². The lowest BCUT2D eigenvalue weighted by atomic mass is 9.95. The number of ether oxygens (including phenoxy) is 1. The minimum atomic E-state index is -0.937. The van der Waals surface area contributed by atoms with Crippen molar-refractivity contribution in [2.45, 2.75) is 50.4 Å². The molecule has 1 aromatic rings. The second kappa shape index (κ2) is 8.03. The summed E-state index contributed by atoms with van der Waals surface area (Å²) in [6.45, 7) is 0. The van der Waals surface area contributed by atoms with Gasteiger partial charge in [0.2, 0.25) is 0 Å². The van der Waals surface area contributed by atoms with Gasteiger partial charge in [0, 0.05) is 11.6 Å². The number of rotatable bonds is 6. The van der Waals surface area contributed by atoms with E-state index in [4.69, 9.17) is 16.2 Å². The summed E-state index contributed by atoms with van der Waals surface area (Å²) in [6, 6.07) is 5.62. The quantitative estimate of drug-likeness (QED) is 0.312. The number of nitrogens with one attached hydrogen (secondary N) is 1. The zero-order valence-electron chi connectivity index (χ0n) is 12.5. The van der Waals surface area contributed by atoms with Gasteiger partial charge in [0.15, 0.2) is 0 Å². The van der Waals surface area contributed by atoms with E-state index in [1.54, 1.807) is 24.3 Å². The molecular weight excluding hydrogens is 282 g/mol. The van der Waals surface area contributed by atoms with Crippen LogP contribution in [0.25, 0.3) is 0 Å². The molecule has 120 valence electrons. The van der Waals surface area contributed by atoms with E-state index in [2.05, 4.69) is 5.32 Å². The molecule has 2 unspecified atom stereocenters. The molecule has 6 nitrogen and oxygen atoms in total. The van der Waals surface area contributed by atoms with Crippen LogP contribution in [0.4, 0.5) is 0 Å². The predicted octanol–water partition coefficient (Wildman–Crippen LogP) is 0.939. The number of nitrogens with two attached hydrogens (primary N) is 2. The summed E-state index contributed by atoms with van der Waals surface area (Å²) in [5.41, 5.74) is 12.3. The Hall–Kier alpha value is -1.76. The van der Waals surface area contributed by atoms with Crippen molar-refractivity contribution in [2.75, 3.05) is 0 Å². The maximum atomic E-state index is 12.0. The van der Waals surface area contributed by atoms with Gasteiger partial charge in [-0.15, -0.1) is 0 Å². The number of aldehydes is 1. The first-order valence-corrected chi connectivity index (χ1v) is 7.64. The monoisotopic (exact) mass is 305 g/mol. The SMILES string of the molecule is NC(NC1CCCCC1)C(N)C(=O)Oc1ccc(C=O)cc1. The lowest BCUT2D eigenvalue weighted by molar-refractivity contribution is -0.136. The maximum Gasteiger partial charge on any atom is 0.331 e. The van der Waals surface area contributed by atoms with E-state index in [1.165, 1.54) is 19.3 Å². The lowest BCUT2D eigenvalue weighted by Gasteiger charge is -2.28. The second-order valence-corrected chi connectivity index (χ2v) is 5.66. The molecule has 0 radical (unpaired) electrons. The molecule has 1 aliphatic rings. The Morgan fingerprint density at radius 1 is 1.18 bits per heavy atom. The maximum absolute atomic E-state index is 12.0. The molecule has 1 aromatic carbocycles. The smallest absolute Gasteiger partial charge is 0.331 e. The van der Waals surface area contributed by atoms with Crippen LogP contribution in [-0.4, -0.2) is 30.5 Å². The lowest BCUT2D eigenvalue weighted by Crippen LogP contribution is -2.59. The van der Waals surface area contributed by atoms with Crippen LogP contribution in [0.5, 0.6) is 5.75 Å². The zero-order chi connectivity index (χ0) is 15.9. The molecule has 0 spiro atoms. The van der Waals surface area contributed by atoms with Crippen molar-refractivity contribution >= 4 is 12.3 Å². The zero-order valence-corrected chi connectivity index (χ0v) is 12.5. The van der Waals surface area contributed by atoms with Crippen molar-refractivity contribution in [1.82, 2.24) is 5.32 Å². The van der Waals surface area contributed by atoms with Crippen LogP contribution in [0.1, 0.15) is 42.5 Å². The largest absolute Gasteiger partial charge is 0.425 e. The summed E-state index contributed by atoms with van der Waals surface area (Å²) in [5.74, 6) is -0.245. The molecule has 1 fully saturated rings. The Morgan fingerprint density at radius 2 is 1.82 bits per heavy atom. The van der Waals surface area contributed by atoms with Gasteiger partial charge in [-0.2, -0.15) is 0 Å². The summed E-state index contributed by atoms with van der Waals surface area (Å²) in [5, 5.41) is 3.21. The van der Waals surface area contributed by atoms with Crippen LogP contribution >= 0.6 is 0 Å². The van der Waals surface area contributed by atoms with Gasteiger partial charge in [-0.3, -0.25) is 10.1 Å². The van der Waals surface area contributed by atoms with Crippen LogP contribution in [0.15, 0.2) is 24.3 Å². The van der Waals surface area contributed by atoms with Crippen molar-refractivity contribution in [3.63, 3.8) is 0 Å². The molecule has 2 atom stereocenters. The molecular formula is C16H23N3O3. The van der Waals surface area contributed by atoms with Crippen LogP contribution in [0.3, 0.4) is 0 Å². The van der Waals surface area contributed by atoms with Gasteiger partial charge in [-0.1, -0.05) is 19.3 Å². The molecule has 0 aromatic heterocycles. The van der Waals surface area contributed by atoms with Crippen LogP contribution in [0.2, 0.25) is 0 Å². The second-order valence-electron chi connectivity index (χ2n) is 5.66. The fourth-order valence-electron chi connectivity index (χ4n) is 2.59. The number of carbonyl (C=O) groups excluding carboxylic acids is 2. The van der Waals surface area contributed by atoms with Gasteiger partial charge in [0.25, 0.3) is 0 Å². The Morgan fingerprint density at radius 3 is 2.41 bits per heavy atom. The van der Waals surface area contributed by atoms with Gasteiger partial charge < -0.3 is 16.2 Å². The molecule has 0 bridgehead atoms. The molecule has 0 saturated heterocycles. The van der Waals surface area contributed by atoms with Gasteiger partial charge in [-0.25, -0.2) is 4.79 Å². The van der Waals surface area contributed by atoms with E-state index < -0.39 is 18.2 Å². The first kappa shape index (κ1) is 16.6. The number of esters is 1. The van der Waals surface area contributed by atoms with E-state index in [0.29, 0.717) is 17.4 Å². The highest BCUT2D eigenvalue weighted by Gasteiger charge is 2.26. The topological polar surface area (TPSA) is 107 Å². The minimum Gasteiger partial charge on any atom is -0.425 e. The number of hydrogen-bond acceptors (Lipinski definition) is 6. The standard InChI is InChI=1S/C16H23N3O3/c17-14(15(18)19-12-4-2-1-3-5-12)16(21)22-13-8-6-11(10-20)7-9-13/h6-10,12,14-15,19H,1-5,17-18H2.